The largest absolute Gasteiger partial charge is 0.394 e. The van der Waals surface area contributed by atoms with E-state index in [1.807, 2.05) is 34.6 Å². The fourth-order valence-electron chi connectivity index (χ4n) is 11.9. The third-order valence-electron chi connectivity index (χ3n) is 17.9. The molecule has 512 valence electrons. The zero-order valence-electron chi connectivity index (χ0n) is 54.6. The Labute approximate surface area is 541 Å². The van der Waals surface area contributed by atoms with Gasteiger partial charge in [-0.15, -0.1) is 0 Å². The Kier molecular flexibility index (Phi) is 28.0. The Morgan fingerprint density at radius 3 is 1.46 bits per heavy atom. The topological polar surface area (TPSA) is 428 Å². The van der Waals surface area contributed by atoms with Crippen molar-refractivity contribution in [3.63, 3.8) is 0 Å². The summed E-state index contributed by atoms with van der Waals surface area (Å²) in [6.45, 7) is 17.7. The quantitative estimate of drug-likeness (QED) is 0.0415. The average molecular weight is 1320 g/mol. The number of guanidine groups is 1. The molecule has 5 aliphatic heterocycles. The van der Waals surface area contributed by atoms with Gasteiger partial charge in [0.15, 0.2) is 5.96 Å². The molecule has 5 aliphatic rings. The lowest BCUT2D eigenvalue weighted by atomic mass is 9.87. The Bertz CT molecular complexity index is 2680. The van der Waals surface area contributed by atoms with E-state index in [4.69, 9.17) is 11.5 Å². The van der Waals surface area contributed by atoms with Crippen molar-refractivity contribution in [3.05, 3.63) is 0 Å². The highest BCUT2D eigenvalue weighted by Gasteiger charge is 2.48. The molecule has 0 radical (unpaired) electrons. The van der Waals surface area contributed by atoms with E-state index in [1.54, 1.807) is 41.5 Å². The number of hydrogen-bond acceptors (Lipinski definition) is 17. The number of amides is 12. The molecule has 2 bridgehead atoms. The predicted octanol–water partition coefficient (Wildman–Crippen LogP) is -1.88. The number of nitrogens with zero attached hydrogens (tertiary/aromatic N) is 4. The van der Waals surface area contributed by atoms with Gasteiger partial charge >= 0.3 is 0 Å². The molecule has 5 fully saturated rings. The van der Waals surface area contributed by atoms with Gasteiger partial charge in [0.1, 0.15) is 72.5 Å². The van der Waals surface area contributed by atoms with Crippen molar-refractivity contribution < 1.29 is 67.7 Å². The molecule has 29 nitrogen and oxygen atoms in total. The second-order valence-electron chi connectivity index (χ2n) is 26.5. The minimum atomic E-state index is -1.82. The summed E-state index contributed by atoms with van der Waals surface area (Å²) in [5, 5.41) is 45.9. The number of carbonyl (C=O) groups excluding carboxylic acids is 12. The van der Waals surface area contributed by atoms with Gasteiger partial charge in [-0.1, -0.05) is 103 Å². The lowest BCUT2D eigenvalue weighted by Gasteiger charge is -2.37. The van der Waals surface area contributed by atoms with Crippen LogP contribution < -0.4 is 59.3 Å². The monoisotopic (exact) mass is 1320 g/mol. The number of nitrogens with one attached hydrogen (secondary N) is 9. The summed E-state index contributed by atoms with van der Waals surface area (Å²) in [5.74, 6) is -11.7. The lowest BCUT2D eigenvalue weighted by Crippen LogP contribution is -2.64. The highest BCUT2D eigenvalue weighted by molar-refractivity contribution is 8.77. The van der Waals surface area contributed by atoms with E-state index in [1.165, 1.54) is 14.7 Å². The third-order valence-corrected chi connectivity index (χ3v) is 21.2. The van der Waals surface area contributed by atoms with Crippen molar-refractivity contribution in [2.45, 2.75) is 230 Å². The lowest BCUT2D eigenvalue weighted by molar-refractivity contribution is -0.148. The van der Waals surface area contributed by atoms with Crippen molar-refractivity contribution in [2.75, 3.05) is 45.1 Å². The maximum Gasteiger partial charge on any atom is 0.246 e. The first-order chi connectivity index (χ1) is 42.8. The van der Waals surface area contributed by atoms with Gasteiger partial charge in [-0.25, -0.2) is 0 Å². The minimum absolute atomic E-state index is 0.0266. The van der Waals surface area contributed by atoms with E-state index in [9.17, 15) is 58.2 Å². The fraction of sp³-hybridized carbons (Fsp3) is 0.783. The van der Waals surface area contributed by atoms with Crippen LogP contribution in [0.4, 0.5) is 0 Å². The van der Waals surface area contributed by atoms with E-state index in [-0.39, 0.29) is 76.4 Å². The fourth-order valence-corrected chi connectivity index (χ4v) is 14.7. The van der Waals surface area contributed by atoms with Crippen LogP contribution in [0.2, 0.25) is 0 Å². The summed E-state index contributed by atoms with van der Waals surface area (Å²) in [7, 11) is 2.01. The van der Waals surface area contributed by atoms with Crippen LogP contribution in [0.3, 0.4) is 0 Å². The number of hydrogen-bond donors (Lipinski definition) is 13. The van der Waals surface area contributed by atoms with E-state index in [0.29, 0.717) is 38.5 Å². The summed E-state index contributed by atoms with van der Waals surface area (Å²) < 4.78 is -1.38. The molecule has 5 saturated heterocycles. The highest BCUT2D eigenvalue weighted by atomic mass is 33.1. The maximum absolute atomic E-state index is 15.2. The van der Waals surface area contributed by atoms with Crippen LogP contribution in [0.5, 0.6) is 0 Å². The van der Waals surface area contributed by atoms with Crippen LogP contribution in [-0.4, -0.2) is 224 Å². The molecule has 0 spiro atoms. The Morgan fingerprint density at radius 2 is 0.967 bits per heavy atom. The van der Waals surface area contributed by atoms with Gasteiger partial charge in [-0.3, -0.25) is 62.5 Å². The molecule has 31 heteroatoms. The SMILES string of the molecule is CC[C@H](C)[C@@H]1NC(=O)[C@@H]2CCCN2C(=O)[C@H]([C@@H](C)CC)NC(=O)[C@H]2NC(=O)[C@H]([C@@H](C)CC)NC(=O)[C@@H]3CCCN3C(=O)[C@@H]3CCCN3C(=O)[C@H](CC(C)(C)C)NC(=O)[C@H](CO)NC(=O)[C@H](CCCN=C(N)N)NC(=O)[C@H](CO)NC(=O)[C@H](CSSC2(C)C)NC1=O. The van der Waals surface area contributed by atoms with Crippen molar-refractivity contribution in [1.82, 2.24) is 62.6 Å². The van der Waals surface area contributed by atoms with E-state index in [2.05, 4.69) is 52.8 Å². The zero-order chi connectivity index (χ0) is 67.8. The second kappa shape index (κ2) is 33.9. The van der Waals surface area contributed by atoms with Gasteiger partial charge in [-0.2, -0.15) is 0 Å². The standard InChI is InChI=1S/C60H101N15O14S2/c1-12-31(4)42-52(84)68-38-30-90-91-60(10,11)45(54(86)71-44(33(6)14-3)57(89)74-25-17-21-40(74)51(83)69-42)72-53(85)43(32(5)13-2)70-50(82)39-20-16-24-73(39)56(88)41-22-18-26-75(41)55(87)35(27-59(7,8)9)65-48(80)37(29-77)66-46(78)34(19-15-23-63-58(61)62)64-47(79)36(28-76)67-49(38)81/h31-45,76-77H,12-30H2,1-11H3,(H,64,79)(H,65,80)(H,66,78)(H,67,81)(H,68,84)(H,69,83)(H,70,82)(H,71,86)(H,72,85)(H4,61,62,63)/t31-,32-,33-,34-,35-,36-,37-,38-,39-,40-,41-,42-,43-,44-,45+/m0/s1. The molecule has 5 rings (SSSR count). The molecule has 0 saturated carbocycles. The Morgan fingerprint density at radius 1 is 0.538 bits per heavy atom. The van der Waals surface area contributed by atoms with Gasteiger partial charge in [0, 0.05) is 36.7 Å². The van der Waals surface area contributed by atoms with Crippen molar-refractivity contribution in [1.29, 1.82) is 0 Å². The van der Waals surface area contributed by atoms with Gasteiger partial charge < -0.3 is 84.2 Å². The molecule has 91 heavy (non-hydrogen) atoms. The molecule has 0 aliphatic carbocycles. The second-order valence-corrected chi connectivity index (χ2v) is 29.5. The number of aliphatic hydroxyl groups excluding tert-OH is 2. The molecule has 15 atom stereocenters. The summed E-state index contributed by atoms with van der Waals surface area (Å²) in [6.07, 6.45) is 2.84. The number of nitrogens with two attached hydrogens (primary N) is 2. The van der Waals surface area contributed by atoms with E-state index < -0.39 is 185 Å². The number of carbonyl (C=O) groups is 12. The average Bonchev–Trinajstić information content (AvgIpc) is 1.77. The molecular formula is C60H101N15O14S2. The molecule has 0 unspecified atom stereocenters. The Hall–Kier alpha value is -6.47. The molecule has 0 aromatic carbocycles. The van der Waals surface area contributed by atoms with Gasteiger partial charge in [0.2, 0.25) is 70.9 Å². The number of fused-ring (bicyclic) bond motifs is 8. The van der Waals surface area contributed by atoms with Crippen LogP contribution in [-0.2, 0) is 57.5 Å². The van der Waals surface area contributed by atoms with E-state index in [0.717, 1.165) is 21.6 Å². The van der Waals surface area contributed by atoms with Crippen LogP contribution in [0.15, 0.2) is 4.99 Å². The number of aliphatic imine (C=N–C) groups is 1. The summed E-state index contributed by atoms with van der Waals surface area (Å²) in [5.41, 5.74) is 10.5. The molecule has 5 heterocycles. The first-order valence-electron chi connectivity index (χ1n) is 32.1. The zero-order valence-corrected chi connectivity index (χ0v) is 56.3. The first kappa shape index (κ1) is 75.3. The van der Waals surface area contributed by atoms with Gasteiger partial charge in [0.05, 0.1) is 13.2 Å². The maximum atomic E-state index is 15.2. The number of rotatable bonds is 13. The van der Waals surface area contributed by atoms with Crippen molar-refractivity contribution in [2.24, 2.45) is 39.6 Å². The van der Waals surface area contributed by atoms with E-state index >= 15 is 9.59 Å². The first-order valence-corrected chi connectivity index (χ1v) is 34.4. The van der Waals surface area contributed by atoms with Gasteiger partial charge in [-0.05, 0) is 94.8 Å². The molecule has 12 amide bonds. The highest BCUT2D eigenvalue weighted by Crippen LogP contribution is 2.39. The molecule has 15 N–H and O–H groups in total. The predicted molar refractivity (Wildman–Crippen MR) is 342 cm³/mol. The molecule has 0 aromatic heterocycles. The third kappa shape index (κ3) is 20.0. The molecule has 0 aromatic rings. The Balaban J connectivity index is 1.68. The summed E-state index contributed by atoms with van der Waals surface area (Å²) >= 11 is 0. The number of aliphatic hydroxyl groups is 2. The minimum Gasteiger partial charge on any atom is -0.394 e. The summed E-state index contributed by atoms with van der Waals surface area (Å²) in [6, 6.07) is -16.5. The smallest absolute Gasteiger partial charge is 0.246 e. The van der Waals surface area contributed by atoms with Crippen LogP contribution in [0.1, 0.15) is 153 Å². The van der Waals surface area contributed by atoms with Crippen LogP contribution in [0.25, 0.3) is 0 Å². The van der Waals surface area contributed by atoms with Gasteiger partial charge in [0.25, 0.3) is 0 Å². The van der Waals surface area contributed by atoms with Crippen LogP contribution in [0, 0.1) is 23.2 Å². The van der Waals surface area contributed by atoms with Crippen molar-refractivity contribution in [3.8, 4) is 0 Å². The molecular weight excluding hydrogens is 1220 g/mol. The normalized spacial score (nSPS) is 30.5. The summed E-state index contributed by atoms with van der Waals surface area (Å²) in [4.78, 5) is 185. The van der Waals surface area contributed by atoms with Crippen molar-refractivity contribution >= 4 is 98.4 Å². The van der Waals surface area contributed by atoms with Crippen LogP contribution >= 0.6 is 21.6 Å².